The molecule has 0 N–H and O–H groups in total. The minimum Gasteiger partial charge on any atom is -0.299 e. The van der Waals surface area contributed by atoms with E-state index in [1.54, 1.807) is 6.07 Å². The highest BCUT2D eigenvalue weighted by atomic mass is 16.1. The van der Waals surface area contributed by atoms with E-state index < -0.39 is 0 Å². The number of Topliss-reactive ketones (excluding diaryl/α,β-unsaturated/α-hetero) is 1. The van der Waals surface area contributed by atoms with E-state index in [-0.39, 0.29) is 17.6 Å². The molecule has 0 radical (unpaired) electrons. The van der Waals surface area contributed by atoms with Crippen LogP contribution in [0, 0.1) is 17.2 Å². The van der Waals surface area contributed by atoms with Gasteiger partial charge in [-0.15, -0.1) is 0 Å². The molecule has 0 saturated carbocycles. The van der Waals surface area contributed by atoms with Gasteiger partial charge in [-0.05, 0) is 24.1 Å². The van der Waals surface area contributed by atoms with Crippen molar-refractivity contribution in [2.24, 2.45) is 5.92 Å². The topological polar surface area (TPSA) is 40.9 Å². The number of nitriles is 1. The van der Waals surface area contributed by atoms with Crippen molar-refractivity contribution >= 4 is 5.78 Å². The molecular formula is C17H25NO. The van der Waals surface area contributed by atoms with Gasteiger partial charge in [0.15, 0.2) is 0 Å². The molecule has 1 rings (SSSR count). The number of rotatable bonds is 5. The maximum Gasteiger partial charge on any atom is 0.142 e. The molecule has 0 fully saturated rings. The van der Waals surface area contributed by atoms with E-state index in [2.05, 4.69) is 13.0 Å². The number of hydrogen-bond acceptors (Lipinski definition) is 2. The summed E-state index contributed by atoms with van der Waals surface area (Å²) in [6.45, 7) is 9.94. The molecule has 0 bridgehead atoms. The van der Waals surface area contributed by atoms with Gasteiger partial charge in [0.2, 0.25) is 0 Å². The number of hydrogen-bond donors (Lipinski definition) is 0. The molecule has 0 amide bonds. The van der Waals surface area contributed by atoms with Crippen molar-refractivity contribution < 1.29 is 4.79 Å². The number of nitrogens with zero attached hydrogens (tertiary/aromatic N) is 1. The predicted octanol–water partition coefficient (Wildman–Crippen LogP) is 4.69. The molecule has 1 aromatic rings. The lowest BCUT2D eigenvalue weighted by molar-refractivity contribution is -0.123. The summed E-state index contributed by atoms with van der Waals surface area (Å²) in [6, 6.07) is 9.52. The van der Waals surface area contributed by atoms with Crippen LogP contribution in [0.25, 0.3) is 0 Å². The summed E-state index contributed by atoms with van der Waals surface area (Å²) in [4.78, 5) is 12.2. The van der Waals surface area contributed by atoms with Crippen molar-refractivity contribution in [1.29, 1.82) is 5.26 Å². The fourth-order valence-corrected chi connectivity index (χ4v) is 1.99. The summed E-state index contributed by atoms with van der Waals surface area (Å²) in [5.41, 5.74) is 1.60. The molecule has 2 heteroatoms. The fourth-order valence-electron chi connectivity index (χ4n) is 1.99. The van der Waals surface area contributed by atoms with Gasteiger partial charge in [0.25, 0.3) is 0 Å². The van der Waals surface area contributed by atoms with Gasteiger partial charge in [-0.2, -0.15) is 5.26 Å². The highest BCUT2D eigenvalue weighted by molar-refractivity contribution is 5.87. The second-order valence-corrected chi connectivity index (χ2v) is 4.64. The third-order valence-corrected chi connectivity index (χ3v) is 2.91. The molecule has 0 saturated heterocycles. The summed E-state index contributed by atoms with van der Waals surface area (Å²) in [6.07, 6.45) is 1.83. The smallest absolute Gasteiger partial charge is 0.142 e. The number of carbonyl (C=O) groups excluding carboxylic acids is 1. The van der Waals surface area contributed by atoms with Crippen LogP contribution in [0.1, 0.15) is 64.5 Å². The lowest BCUT2D eigenvalue weighted by atomic mass is 9.85. The zero-order valence-corrected chi connectivity index (χ0v) is 12.7. The second kappa shape index (κ2) is 9.33. The van der Waals surface area contributed by atoms with Crippen LogP contribution in [0.5, 0.6) is 0 Å². The Morgan fingerprint density at radius 1 is 1.32 bits per heavy atom. The average Bonchev–Trinajstić information content (AvgIpc) is 2.46. The first-order valence-corrected chi connectivity index (χ1v) is 7.14. The van der Waals surface area contributed by atoms with Crippen molar-refractivity contribution in [1.82, 2.24) is 0 Å². The van der Waals surface area contributed by atoms with E-state index in [0.29, 0.717) is 5.56 Å². The van der Waals surface area contributed by atoms with Crippen LogP contribution in [-0.2, 0) is 4.79 Å². The molecule has 0 aliphatic rings. The fraction of sp³-hybridized carbons (Fsp3) is 0.529. The van der Waals surface area contributed by atoms with Crippen LogP contribution in [0.4, 0.5) is 0 Å². The zero-order valence-electron chi connectivity index (χ0n) is 12.7. The van der Waals surface area contributed by atoms with Gasteiger partial charge >= 0.3 is 0 Å². The lowest BCUT2D eigenvalue weighted by Gasteiger charge is -2.17. The normalized spacial score (nSPS) is 11.2. The Morgan fingerprint density at radius 2 is 1.95 bits per heavy atom. The highest BCUT2D eigenvalue weighted by Crippen LogP contribution is 2.26. The third-order valence-electron chi connectivity index (χ3n) is 2.91. The maximum absolute atomic E-state index is 12.2. The Balaban J connectivity index is 0.00000154. The molecular weight excluding hydrogens is 234 g/mol. The summed E-state index contributed by atoms with van der Waals surface area (Å²) < 4.78 is 0. The quantitative estimate of drug-likeness (QED) is 0.769. The minimum absolute atomic E-state index is 0.0392. The van der Waals surface area contributed by atoms with Gasteiger partial charge in [-0.25, -0.2) is 0 Å². The molecule has 0 aromatic heterocycles. The largest absolute Gasteiger partial charge is 0.299 e. The van der Waals surface area contributed by atoms with Crippen molar-refractivity contribution in [3.63, 3.8) is 0 Å². The zero-order chi connectivity index (χ0) is 14.8. The number of carbonyl (C=O) groups is 1. The van der Waals surface area contributed by atoms with Gasteiger partial charge in [-0.3, -0.25) is 4.79 Å². The Bertz CT molecular complexity index is 429. The Labute approximate surface area is 117 Å². The average molecular weight is 259 g/mol. The van der Waals surface area contributed by atoms with Crippen LogP contribution in [0.15, 0.2) is 24.3 Å². The van der Waals surface area contributed by atoms with E-state index in [1.807, 2.05) is 45.9 Å². The molecule has 1 atom stereocenters. The third kappa shape index (κ3) is 5.26. The Morgan fingerprint density at radius 3 is 2.42 bits per heavy atom. The van der Waals surface area contributed by atoms with Gasteiger partial charge in [-0.1, -0.05) is 53.2 Å². The predicted molar refractivity (Wildman–Crippen MR) is 80.0 cm³/mol. The van der Waals surface area contributed by atoms with Crippen molar-refractivity contribution in [3.8, 4) is 6.07 Å². The van der Waals surface area contributed by atoms with Crippen molar-refractivity contribution in [2.45, 2.75) is 53.4 Å². The summed E-state index contributed by atoms with van der Waals surface area (Å²) in [5.74, 6) is 0.243. The molecule has 0 aliphatic carbocycles. The molecule has 1 unspecified atom stereocenters. The number of benzene rings is 1. The van der Waals surface area contributed by atoms with E-state index >= 15 is 0 Å². The molecule has 0 spiro atoms. The van der Waals surface area contributed by atoms with Gasteiger partial charge in [0, 0.05) is 11.8 Å². The molecule has 0 heterocycles. The molecule has 19 heavy (non-hydrogen) atoms. The standard InChI is InChI=1S/C15H19NO.C2H6/c1-4-6-14(15(17)11(2)3)13-8-5-7-12(9-13)10-16;1-2/h5,7-9,11,14H,4,6H2,1-3H3;1-2H3. The molecule has 2 nitrogen and oxygen atoms in total. The van der Waals surface area contributed by atoms with Gasteiger partial charge < -0.3 is 0 Å². The van der Waals surface area contributed by atoms with Gasteiger partial charge in [0.05, 0.1) is 11.6 Å². The van der Waals surface area contributed by atoms with E-state index in [1.165, 1.54) is 0 Å². The van der Waals surface area contributed by atoms with E-state index in [4.69, 9.17) is 5.26 Å². The minimum atomic E-state index is -0.0618. The van der Waals surface area contributed by atoms with Crippen LogP contribution in [0.3, 0.4) is 0 Å². The maximum atomic E-state index is 12.2. The van der Waals surface area contributed by atoms with Crippen LogP contribution >= 0.6 is 0 Å². The SMILES string of the molecule is CC.CCCC(C(=O)C(C)C)c1cccc(C#N)c1. The van der Waals surface area contributed by atoms with Crippen LogP contribution in [-0.4, -0.2) is 5.78 Å². The monoisotopic (exact) mass is 259 g/mol. The summed E-state index contributed by atoms with van der Waals surface area (Å²) in [5, 5.41) is 8.89. The number of ketones is 1. The van der Waals surface area contributed by atoms with E-state index in [0.717, 1.165) is 18.4 Å². The molecule has 104 valence electrons. The van der Waals surface area contributed by atoms with E-state index in [9.17, 15) is 4.79 Å². The first-order chi connectivity index (χ1) is 9.10. The Kier molecular flexibility index (Phi) is 8.53. The van der Waals surface area contributed by atoms with Crippen molar-refractivity contribution in [3.05, 3.63) is 35.4 Å². The van der Waals surface area contributed by atoms with Crippen LogP contribution < -0.4 is 0 Å². The van der Waals surface area contributed by atoms with Gasteiger partial charge in [0.1, 0.15) is 5.78 Å². The first-order valence-electron chi connectivity index (χ1n) is 7.14. The summed E-state index contributed by atoms with van der Waals surface area (Å²) in [7, 11) is 0. The summed E-state index contributed by atoms with van der Waals surface area (Å²) >= 11 is 0. The van der Waals surface area contributed by atoms with Crippen molar-refractivity contribution in [2.75, 3.05) is 0 Å². The lowest BCUT2D eigenvalue weighted by Crippen LogP contribution is -2.18. The first kappa shape index (κ1) is 17.4. The Hall–Kier alpha value is -1.62. The molecule has 0 aliphatic heterocycles. The molecule has 1 aromatic carbocycles. The second-order valence-electron chi connectivity index (χ2n) is 4.64. The highest BCUT2D eigenvalue weighted by Gasteiger charge is 2.22. The van der Waals surface area contributed by atoms with Crippen LogP contribution in [0.2, 0.25) is 0 Å².